The van der Waals surface area contributed by atoms with E-state index in [2.05, 4.69) is 12.2 Å². The quantitative estimate of drug-likeness (QED) is 0.154. The Bertz CT molecular complexity index is 1050. The van der Waals surface area contributed by atoms with Crippen LogP contribution in [0.1, 0.15) is 18.1 Å². The van der Waals surface area contributed by atoms with Gasteiger partial charge in [-0.25, -0.2) is 0 Å². The number of nitrogens with one attached hydrogen (secondary N) is 1. The lowest BCUT2D eigenvalue weighted by Gasteiger charge is -2.10. The van der Waals surface area contributed by atoms with E-state index in [4.69, 9.17) is 12.2 Å². The average molecular weight is 406 g/mol. The molecule has 1 aromatic heterocycles. The second-order valence-corrected chi connectivity index (χ2v) is 6.70. The molecule has 6 nitrogen and oxygen atoms in total. The van der Waals surface area contributed by atoms with Crippen LogP contribution in [0.15, 0.2) is 79.1 Å². The van der Waals surface area contributed by atoms with Crippen molar-refractivity contribution in [2.45, 2.75) is 13.3 Å². The molecule has 1 heterocycles. The highest BCUT2D eigenvalue weighted by molar-refractivity contribution is 7.81. The molecule has 0 atom stereocenters. The number of rotatable bonds is 6. The molecule has 0 amide bonds. The third-order valence-electron chi connectivity index (χ3n) is 4.38. The molecule has 0 bridgehead atoms. The van der Waals surface area contributed by atoms with Crippen LogP contribution in [0.5, 0.6) is 0 Å². The molecule has 0 fully saturated rings. The van der Waals surface area contributed by atoms with E-state index >= 15 is 0 Å². The Balaban J connectivity index is 2.00. The first-order valence-electron chi connectivity index (χ1n) is 9.04. The maximum absolute atomic E-state index is 11.0. The molecule has 2 N–H and O–H groups in total. The topological polar surface area (TPSA) is 79.3 Å². The predicted octanol–water partition coefficient (Wildman–Crippen LogP) is 4.77. The molecule has 3 rings (SSSR count). The van der Waals surface area contributed by atoms with Crippen LogP contribution in [0, 0.1) is 10.1 Å². The number of hydrogen-bond donors (Lipinski definition) is 2. The van der Waals surface area contributed by atoms with Crippen LogP contribution in [-0.2, 0) is 6.42 Å². The van der Waals surface area contributed by atoms with Gasteiger partial charge in [-0.3, -0.25) is 10.1 Å². The van der Waals surface area contributed by atoms with Gasteiger partial charge >= 0.3 is 0 Å². The zero-order valence-corrected chi connectivity index (χ0v) is 16.6. The molecule has 0 aliphatic rings. The van der Waals surface area contributed by atoms with Gasteiger partial charge in [0, 0.05) is 35.5 Å². The van der Waals surface area contributed by atoms with E-state index < -0.39 is 4.92 Å². The summed E-state index contributed by atoms with van der Waals surface area (Å²) >= 11 is 5.59. The summed E-state index contributed by atoms with van der Waals surface area (Å²) in [7, 11) is 0. The Labute approximate surface area is 173 Å². The normalized spacial score (nSPS) is 11.5. The second kappa shape index (κ2) is 9.07. The zero-order valence-electron chi connectivity index (χ0n) is 15.8. The van der Waals surface area contributed by atoms with E-state index in [0.717, 1.165) is 12.1 Å². The number of benzene rings is 2. The number of non-ortho nitro benzene ring substituents is 1. The highest BCUT2D eigenvalue weighted by Crippen LogP contribution is 2.22. The predicted molar refractivity (Wildman–Crippen MR) is 118 cm³/mol. The minimum atomic E-state index is -0.483. The smallest absolute Gasteiger partial charge is 0.288 e. The molecule has 146 valence electrons. The van der Waals surface area contributed by atoms with E-state index in [-0.39, 0.29) is 11.4 Å². The van der Waals surface area contributed by atoms with E-state index in [1.165, 1.54) is 29.8 Å². The van der Waals surface area contributed by atoms with Crippen molar-refractivity contribution in [1.29, 1.82) is 0 Å². The molecule has 29 heavy (non-hydrogen) atoms. The summed E-state index contributed by atoms with van der Waals surface area (Å²) in [6, 6.07) is 19.1. The lowest BCUT2D eigenvalue weighted by atomic mass is 10.1. The SMILES string of the molecule is CCc1ccc(NC(=S)C(=C(O)c2ccc([N+](=O)[O-])cc2)[n+]2ccccc2)cc1. The van der Waals surface area contributed by atoms with Gasteiger partial charge in [-0.2, -0.15) is 4.57 Å². The summed E-state index contributed by atoms with van der Waals surface area (Å²) in [5, 5.41) is 25.0. The lowest BCUT2D eigenvalue weighted by Crippen LogP contribution is -2.38. The third kappa shape index (κ3) is 4.83. The minimum absolute atomic E-state index is 0.0489. The number of aromatic nitrogens is 1. The molecule has 2 aromatic carbocycles. The van der Waals surface area contributed by atoms with Gasteiger partial charge in [0.05, 0.1) is 4.92 Å². The van der Waals surface area contributed by atoms with Crippen molar-refractivity contribution in [3.63, 3.8) is 0 Å². The Morgan fingerprint density at radius 1 is 1.07 bits per heavy atom. The van der Waals surface area contributed by atoms with Gasteiger partial charge in [-0.05, 0) is 36.2 Å². The van der Waals surface area contributed by atoms with E-state index in [1.54, 1.807) is 17.0 Å². The van der Waals surface area contributed by atoms with Crippen LogP contribution in [-0.4, -0.2) is 15.0 Å². The van der Waals surface area contributed by atoms with E-state index in [9.17, 15) is 15.2 Å². The number of hydrogen-bond acceptors (Lipinski definition) is 4. The fraction of sp³-hybridized carbons (Fsp3) is 0.0909. The van der Waals surface area contributed by atoms with Crippen molar-refractivity contribution in [3.8, 4) is 0 Å². The fourth-order valence-electron chi connectivity index (χ4n) is 2.79. The van der Waals surface area contributed by atoms with Crippen molar-refractivity contribution in [3.05, 3.63) is 100 Å². The fourth-order valence-corrected chi connectivity index (χ4v) is 3.11. The summed E-state index contributed by atoms with van der Waals surface area (Å²) in [5.74, 6) is -0.0845. The van der Waals surface area contributed by atoms with Gasteiger partial charge in [-0.1, -0.05) is 37.3 Å². The number of pyridine rings is 1. The van der Waals surface area contributed by atoms with Gasteiger partial charge < -0.3 is 10.4 Å². The number of thiocarbonyl (C=S) groups is 1. The van der Waals surface area contributed by atoms with Crippen LogP contribution >= 0.6 is 12.2 Å². The molecule has 7 heteroatoms. The Morgan fingerprint density at radius 2 is 1.69 bits per heavy atom. The molecule has 0 aliphatic carbocycles. The van der Waals surface area contributed by atoms with Gasteiger partial charge in [0.2, 0.25) is 0 Å². The molecule has 0 unspecified atom stereocenters. The van der Waals surface area contributed by atoms with Crippen LogP contribution in [0.25, 0.3) is 11.5 Å². The highest BCUT2D eigenvalue weighted by atomic mass is 32.1. The number of aliphatic hydroxyl groups is 1. The zero-order chi connectivity index (χ0) is 20.8. The van der Waals surface area contributed by atoms with E-state index in [1.807, 2.05) is 42.5 Å². The monoisotopic (exact) mass is 406 g/mol. The Morgan fingerprint density at radius 3 is 2.24 bits per heavy atom. The van der Waals surface area contributed by atoms with Crippen LogP contribution < -0.4 is 9.88 Å². The number of nitro groups is 1. The summed E-state index contributed by atoms with van der Waals surface area (Å²) < 4.78 is 1.70. The van der Waals surface area contributed by atoms with Crippen LogP contribution in [0.4, 0.5) is 11.4 Å². The van der Waals surface area contributed by atoms with Crippen LogP contribution in [0.3, 0.4) is 0 Å². The molecule has 3 aromatic rings. The molecule has 0 saturated carbocycles. The molecule has 0 radical (unpaired) electrons. The van der Waals surface area contributed by atoms with Crippen molar-refractivity contribution < 1.29 is 14.6 Å². The molecule has 0 aliphatic heterocycles. The number of aliphatic hydroxyl groups excluding tert-OH is 1. The number of nitrogens with zero attached hydrogens (tertiary/aromatic N) is 2. The number of anilines is 1. The van der Waals surface area contributed by atoms with Gasteiger partial charge in [0.15, 0.2) is 23.1 Å². The lowest BCUT2D eigenvalue weighted by molar-refractivity contribution is -0.575. The summed E-state index contributed by atoms with van der Waals surface area (Å²) in [6.07, 6.45) is 4.48. The van der Waals surface area contributed by atoms with Crippen molar-refractivity contribution in [2.75, 3.05) is 5.32 Å². The second-order valence-electron chi connectivity index (χ2n) is 6.29. The van der Waals surface area contributed by atoms with Gasteiger partial charge in [0.25, 0.3) is 11.4 Å². The van der Waals surface area contributed by atoms with Crippen molar-refractivity contribution >= 4 is 40.0 Å². The summed E-state index contributed by atoms with van der Waals surface area (Å²) in [6.45, 7) is 2.09. The highest BCUT2D eigenvalue weighted by Gasteiger charge is 2.24. The molecule has 0 spiro atoms. The average Bonchev–Trinajstić information content (AvgIpc) is 2.75. The molecular weight excluding hydrogens is 386 g/mol. The first-order valence-corrected chi connectivity index (χ1v) is 9.45. The maximum atomic E-state index is 11.0. The summed E-state index contributed by atoms with van der Waals surface area (Å²) in [5.41, 5.74) is 2.76. The third-order valence-corrected chi connectivity index (χ3v) is 4.68. The Hall–Kier alpha value is -3.58. The van der Waals surface area contributed by atoms with E-state index in [0.29, 0.717) is 16.2 Å². The standard InChI is InChI=1S/C22H19N3O3S/c1-2-16-6-10-18(11-7-16)23-22(29)20(24-14-4-3-5-15-24)21(26)17-8-12-19(13-9-17)25(27)28/h3-15H,2H2,1H3,(H-,23,26,29)/p+1. The largest absolute Gasteiger partial charge is 0.502 e. The van der Waals surface area contributed by atoms with Crippen molar-refractivity contribution in [1.82, 2.24) is 0 Å². The number of nitro benzene ring substituents is 1. The first-order chi connectivity index (χ1) is 14.0. The van der Waals surface area contributed by atoms with Crippen LogP contribution in [0.2, 0.25) is 0 Å². The minimum Gasteiger partial charge on any atom is -0.502 e. The summed E-state index contributed by atoms with van der Waals surface area (Å²) in [4.78, 5) is 10.7. The van der Waals surface area contributed by atoms with Gasteiger partial charge in [-0.15, -0.1) is 0 Å². The first kappa shape index (κ1) is 20.2. The molecule has 0 saturated heterocycles. The maximum Gasteiger partial charge on any atom is 0.288 e. The van der Waals surface area contributed by atoms with Gasteiger partial charge in [0.1, 0.15) is 0 Å². The number of aryl methyl sites for hydroxylation is 1. The molecular formula is C22H20N3O3S+. The Kier molecular flexibility index (Phi) is 6.31. The van der Waals surface area contributed by atoms with Crippen molar-refractivity contribution in [2.24, 2.45) is 0 Å².